The highest BCUT2D eigenvalue weighted by Gasteiger charge is 2.32. The second-order valence-electron chi connectivity index (χ2n) is 3.54. The molecule has 1 heterocycles. The molecule has 0 N–H and O–H groups in total. The van der Waals surface area contributed by atoms with Gasteiger partial charge in [0.2, 0.25) is 5.88 Å². The number of aromatic nitrogens is 1. The number of hydrogen-bond acceptors (Lipinski definition) is 6. The van der Waals surface area contributed by atoms with Crippen molar-refractivity contribution in [3.05, 3.63) is 23.9 Å². The highest BCUT2D eigenvalue weighted by Crippen LogP contribution is 2.20. The van der Waals surface area contributed by atoms with Crippen LogP contribution < -0.4 is 4.74 Å². The second kappa shape index (κ2) is 7.35. The van der Waals surface area contributed by atoms with Gasteiger partial charge < -0.3 is 14.2 Å². The summed E-state index contributed by atoms with van der Waals surface area (Å²) in [6, 6.07) is 4.82. The molecule has 0 fully saturated rings. The first kappa shape index (κ1) is 14.9. The van der Waals surface area contributed by atoms with Crippen LogP contribution in [0.25, 0.3) is 0 Å². The summed E-state index contributed by atoms with van der Waals surface area (Å²) in [5.74, 6) is -2.23. The summed E-state index contributed by atoms with van der Waals surface area (Å²) in [4.78, 5) is 27.8. The molecule has 0 atom stereocenters. The fraction of sp³-hybridized carbons (Fsp3) is 0.462. The van der Waals surface area contributed by atoms with Gasteiger partial charge in [0.1, 0.15) is 0 Å². The summed E-state index contributed by atoms with van der Waals surface area (Å²) in [6.07, 6.45) is 0. The largest absolute Gasteiger partial charge is 0.481 e. The van der Waals surface area contributed by atoms with Crippen molar-refractivity contribution in [1.82, 2.24) is 4.98 Å². The molecule has 0 radical (unpaired) electrons. The molecular weight excluding hydrogens is 250 g/mol. The van der Waals surface area contributed by atoms with E-state index in [1.165, 1.54) is 7.11 Å². The van der Waals surface area contributed by atoms with Gasteiger partial charge >= 0.3 is 11.9 Å². The average molecular weight is 267 g/mol. The summed E-state index contributed by atoms with van der Waals surface area (Å²) in [7, 11) is 1.45. The predicted molar refractivity (Wildman–Crippen MR) is 66.8 cm³/mol. The Morgan fingerprint density at radius 3 is 2.21 bits per heavy atom. The van der Waals surface area contributed by atoms with E-state index in [0.29, 0.717) is 5.88 Å². The highest BCUT2D eigenvalue weighted by atomic mass is 16.6. The van der Waals surface area contributed by atoms with E-state index in [9.17, 15) is 9.59 Å². The van der Waals surface area contributed by atoms with Crippen molar-refractivity contribution < 1.29 is 23.8 Å². The van der Waals surface area contributed by atoms with Crippen molar-refractivity contribution in [2.24, 2.45) is 0 Å². The molecule has 0 aliphatic heterocycles. The predicted octanol–water partition coefficient (Wildman–Crippen LogP) is 1.30. The molecule has 6 heteroatoms. The van der Waals surface area contributed by atoms with Crippen LogP contribution in [0, 0.1) is 0 Å². The van der Waals surface area contributed by atoms with Crippen LogP contribution in [-0.2, 0) is 19.1 Å². The topological polar surface area (TPSA) is 74.7 Å². The Kier molecular flexibility index (Phi) is 5.78. The maximum Gasteiger partial charge on any atom is 0.326 e. The minimum atomic E-state index is -1.19. The third kappa shape index (κ3) is 3.94. The summed E-state index contributed by atoms with van der Waals surface area (Å²) in [5, 5.41) is 0. The summed E-state index contributed by atoms with van der Waals surface area (Å²) >= 11 is 0. The van der Waals surface area contributed by atoms with Crippen LogP contribution in [0.15, 0.2) is 18.2 Å². The van der Waals surface area contributed by atoms with Crippen molar-refractivity contribution in [1.29, 1.82) is 0 Å². The summed E-state index contributed by atoms with van der Waals surface area (Å²) < 4.78 is 14.7. The molecule has 1 rings (SSSR count). The van der Waals surface area contributed by atoms with Crippen LogP contribution in [0.4, 0.5) is 0 Å². The van der Waals surface area contributed by atoms with E-state index < -0.39 is 17.9 Å². The number of rotatable bonds is 6. The molecule has 19 heavy (non-hydrogen) atoms. The molecule has 0 spiro atoms. The van der Waals surface area contributed by atoms with Crippen LogP contribution >= 0.6 is 0 Å². The number of esters is 2. The van der Waals surface area contributed by atoms with E-state index in [1.54, 1.807) is 32.0 Å². The number of nitrogens with zero attached hydrogens (tertiary/aromatic N) is 1. The number of carbonyl (C=O) groups is 2. The maximum atomic E-state index is 11.9. The Morgan fingerprint density at radius 2 is 1.74 bits per heavy atom. The third-order valence-electron chi connectivity index (χ3n) is 2.29. The normalized spacial score (nSPS) is 10.1. The standard InChI is InChI=1S/C13H17NO5/c1-4-18-12(15)11(13(16)19-5-2)9-7-6-8-10(14-9)17-3/h6-8,11H,4-5H2,1-3H3. The number of methoxy groups -OCH3 is 1. The Morgan fingerprint density at radius 1 is 1.16 bits per heavy atom. The minimum Gasteiger partial charge on any atom is -0.481 e. The van der Waals surface area contributed by atoms with Gasteiger partial charge in [0.25, 0.3) is 0 Å². The Bertz CT molecular complexity index is 428. The molecule has 0 aliphatic rings. The highest BCUT2D eigenvalue weighted by molar-refractivity contribution is 6.00. The maximum absolute atomic E-state index is 11.9. The number of carbonyl (C=O) groups excluding carboxylic acids is 2. The minimum absolute atomic E-state index is 0.179. The molecule has 0 amide bonds. The molecule has 0 saturated heterocycles. The molecule has 0 aromatic carbocycles. The lowest BCUT2D eigenvalue weighted by atomic mass is 10.1. The monoisotopic (exact) mass is 267 g/mol. The number of hydrogen-bond donors (Lipinski definition) is 0. The quantitative estimate of drug-likeness (QED) is 0.571. The van der Waals surface area contributed by atoms with Crippen LogP contribution in [0.5, 0.6) is 5.88 Å². The van der Waals surface area contributed by atoms with Crippen molar-refractivity contribution >= 4 is 11.9 Å². The molecule has 0 aliphatic carbocycles. The zero-order chi connectivity index (χ0) is 14.3. The first-order valence-corrected chi connectivity index (χ1v) is 5.98. The summed E-state index contributed by atoms with van der Waals surface area (Å²) in [6.45, 7) is 3.69. The molecule has 0 bridgehead atoms. The number of pyridine rings is 1. The number of ether oxygens (including phenoxy) is 3. The van der Waals surface area contributed by atoms with Crippen molar-refractivity contribution in [3.63, 3.8) is 0 Å². The van der Waals surface area contributed by atoms with Crippen molar-refractivity contribution in [3.8, 4) is 5.88 Å². The van der Waals surface area contributed by atoms with Gasteiger partial charge in [-0.2, -0.15) is 0 Å². The zero-order valence-electron chi connectivity index (χ0n) is 11.2. The van der Waals surface area contributed by atoms with Crippen LogP contribution in [-0.4, -0.2) is 37.2 Å². The van der Waals surface area contributed by atoms with E-state index in [-0.39, 0.29) is 18.9 Å². The lowest BCUT2D eigenvalue weighted by molar-refractivity contribution is -0.157. The van der Waals surface area contributed by atoms with Gasteiger partial charge in [-0.25, -0.2) is 4.98 Å². The zero-order valence-corrected chi connectivity index (χ0v) is 11.2. The van der Waals surface area contributed by atoms with Gasteiger partial charge in [-0.05, 0) is 19.9 Å². The molecule has 6 nitrogen and oxygen atoms in total. The van der Waals surface area contributed by atoms with E-state index in [0.717, 1.165) is 0 Å². The first-order valence-electron chi connectivity index (χ1n) is 5.98. The van der Waals surface area contributed by atoms with Crippen molar-refractivity contribution in [2.75, 3.05) is 20.3 Å². The Labute approximate surface area is 111 Å². The first-order chi connectivity index (χ1) is 9.13. The second-order valence-corrected chi connectivity index (χ2v) is 3.54. The van der Waals surface area contributed by atoms with Gasteiger partial charge in [-0.1, -0.05) is 6.07 Å². The van der Waals surface area contributed by atoms with E-state index in [4.69, 9.17) is 14.2 Å². The fourth-order valence-corrected chi connectivity index (χ4v) is 1.49. The fourth-order valence-electron chi connectivity index (χ4n) is 1.49. The molecule has 1 aromatic heterocycles. The van der Waals surface area contributed by atoms with E-state index >= 15 is 0 Å². The van der Waals surface area contributed by atoms with Crippen LogP contribution in [0.2, 0.25) is 0 Å². The lowest BCUT2D eigenvalue weighted by Gasteiger charge is -2.14. The average Bonchev–Trinajstić information content (AvgIpc) is 2.40. The van der Waals surface area contributed by atoms with Crippen LogP contribution in [0.3, 0.4) is 0 Å². The summed E-state index contributed by atoms with van der Waals surface area (Å²) in [5.41, 5.74) is 0.247. The van der Waals surface area contributed by atoms with E-state index in [2.05, 4.69) is 4.98 Å². The third-order valence-corrected chi connectivity index (χ3v) is 2.29. The Hall–Kier alpha value is -2.11. The van der Waals surface area contributed by atoms with Gasteiger partial charge in [0.15, 0.2) is 5.92 Å². The van der Waals surface area contributed by atoms with Gasteiger partial charge in [0.05, 0.1) is 26.0 Å². The molecular formula is C13H17NO5. The molecule has 0 saturated carbocycles. The Balaban J connectivity index is 3.07. The smallest absolute Gasteiger partial charge is 0.326 e. The SMILES string of the molecule is CCOC(=O)C(C(=O)OCC)c1cccc(OC)n1. The lowest BCUT2D eigenvalue weighted by Crippen LogP contribution is -2.27. The van der Waals surface area contributed by atoms with Gasteiger partial charge in [0, 0.05) is 6.07 Å². The van der Waals surface area contributed by atoms with Crippen molar-refractivity contribution in [2.45, 2.75) is 19.8 Å². The van der Waals surface area contributed by atoms with E-state index in [1.807, 2.05) is 0 Å². The molecule has 104 valence electrons. The molecule has 1 aromatic rings. The molecule has 0 unspecified atom stereocenters. The van der Waals surface area contributed by atoms with Crippen LogP contribution in [0.1, 0.15) is 25.5 Å². The van der Waals surface area contributed by atoms with Gasteiger partial charge in [-0.3, -0.25) is 9.59 Å². The van der Waals surface area contributed by atoms with Gasteiger partial charge in [-0.15, -0.1) is 0 Å².